The summed E-state index contributed by atoms with van der Waals surface area (Å²) in [7, 11) is 0. The first kappa shape index (κ1) is 12.1. The maximum absolute atomic E-state index is 13.5. The Hall–Kier alpha value is -0.960. The summed E-state index contributed by atoms with van der Waals surface area (Å²) in [5, 5.41) is 0. The summed E-state index contributed by atoms with van der Waals surface area (Å²) in [4.78, 5) is 0. The van der Waals surface area contributed by atoms with Crippen molar-refractivity contribution in [1.29, 1.82) is 0 Å². The molecule has 3 heteroatoms. The van der Waals surface area contributed by atoms with Gasteiger partial charge in [0.2, 0.25) is 0 Å². The van der Waals surface area contributed by atoms with Gasteiger partial charge in [-0.05, 0) is 18.9 Å². The predicted octanol–water partition coefficient (Wildman–Crippen LogP) is 3.18. The van der Waals surface area contributed by atoms with Gasteiger partial charge in [-0.1, -0.05) is 26.3 Å². The molecule has 1 aromatic carbocycles. The zero-order chi connectivity index (χ0) is 11.6. The van der Waals surface area contributed by atoms with Crippen LogP contribution in [0.15, 0.2) is 18.2 Å². The first-order chi connectivity index (χ1) is 6.89. The van der Waals surface area contributed by atoms with Crippen molar-refractivity contribution < 1.29 is 8.78 Å². The lowest BCUT2D eigenvalue weighted by molar-refractivity contribution is 0.305. The minimum Gasteiger partial charge on any atom is -0.321 e. The normalized spacial score (nSPS) is 17.2. The maximum Gasteiger partial charge on any atom is 0.131 e. The Morgan fingerprint density at radius 3 is 2.47 bits per heavy atom. The van der Waals surface area contributed by atoms with Gasteiger partial charge < -0.3 is 5.73 Å². The van der Waals surface area contributed by atoms with Crippen LogP contribution >= 0.6 is 0 Å². The molecule has 0 heterocycles. The predicted molar refractivity (Wildman–Crippen MR) is 57.4 cm³/mol. The lowest BCUT2D eigenvalue weighted by Crippen LogP contribution is -2.40. The first-order valence-electron chi connectivity index (χ1n) is 5.14. The van der Waals surface area contributed by atoms with Crippen LogP contribution in [0, 0.1) is 17.6 Å². The molecule has 0 saturated carbocycles. The van der Waals surface area contributed by atoms with E-state index in [2.05, 4.69) is 0 Å². The second-order valence-corrected chi connectivity index (χ2v) is 4.22. The Kier molecular flexibility index (Phi) is 3.45. The average Bonchev–Trinajstić information content (AvgIpc) is 2.15. The van der Waals surface area contributed by atoms with E-state index in [0.717, 1.165) is 12.5 Å². The third kappa shape index (κ3) is 2.34. The largest absolute Gasteiger partial charge is 0.321 e. The van der Waals surface area contributed by atoms with Crippen LogP contribution in [-0.4, -0.2) is 0 Å². The molecule has 0 radical (unpaired) electrons. The van der Waals surface area contributed by atoms with E-state index < -0.39 is 17.2 Å². The Morgan fingerprint density at radius 2 is 2.00 bits per heavy atom. The van der Waals surface area contributed by atoms with Crippen molar-refractivity contribution in [1.82, 2.24) is 0 Å². The van der Waals surface area contributed by atoms with Crippen molar-refractivity contribution in [3.05, 3.63) is 35.4 Å². The smallest absolute Gasteiger partial charge is 0.131 e. The highest BCUT2D eigenvalue weighted by molar-refractivity contribution is 5.26. The Labute approximate surface area is 89.3 Å². The molecular formula is C12H17F2N. The number of benzene rings is 1. The second-order valence-electron chi connectivity index (χ2n) is 4.22. The van der Waals surface area contributed by atoms with E-state index in [0.29, 0.717) is 5.56 Å². The average molecular weight is 213 g/mol. The van der Waals surface area contributed by atoms with Crippen LogP contribution in [0.3, 0.4) is 0 Å². The molecule has 1 aromatic rings. The molecule has 0 spiro atoms. The number of halogens is 2. The molecular weight excluding hydrogens is 196 g/mol. The second kappa shape index (κ2) is 4.27. The molecule has 0 aliphatic carbocycles. The zero-order valence-electron chi connectivity index (χ0n) is 9.35. The van der Waals surface area contributed by atoms with Crippen molar-refractivity contribution in [2.45, 2.75) is 32.7 Å². The highest BCUT2D eigenvalue weighted by atomic mass is 19.1. The monoisotopic (exact) mass is 213 g/mol. The molecule has 1 rings (SSSR count). The quantitative estimate of drug-likeness (QED) is 0.819. The van der Waals surface area contributed by atoms with Gasteiger partial charge in [0.15, 0.2) is 0 Å². The van der Waals surface area contributed by atoms with E-state index in [9.17, 15) is 8.78 Å². The van der Waals surface area contributed by atoms with Gasteiger partial charge in [0.05, 0.1) is 0 Å². The molecule has 15 heavy (non-hydrogen) atoms. The van der Waals surface area contributed by atoms with E-state index in [1.807, 2.05) is 13.8 Å². The number of hydrogen-bond acceptors (Lipinski definition) is 1. The number of nitrogens with two attached hydrogens (primary N) is 1. The summed E-state index contributed by atoms with van der Waals surface area (Å²) in [6.45, 7) is 5.73. The molecule has 84 valence electrons. The fourth-order valence-corrected chi connectivity index (χ4v) is 1.62. The number of rotatable bonds is 3. The highest BCUT2D eigenvalue weighted by Crippen LogP contribution is 2.30. The van der Waals surface area contributed by atoms with Crippen molar-refractivity contribution in [2.75, 3.05) is 0 Å². The SMILES string of the molecule is CCC(C)C(C)(N)c1ccc(F)cc1F. The topological polar surface area (TPSA) is 26.0 Å². The minimum absolute atomic E-state index is 0.137. The van der Waals surface area contributed by atoms with E-state index in [4.69, 9.17) is 5.73 Å². The van der Waals surface area contributed by atoms with Crippen LogP contribution in [0.25, 0.3) is 0 Å². The molecule has 2 N–H and O–H groups in total. The maximum atomic E-state index is 13.5. The summed E-state index contributed by atoms with van der Waals surface area (Å²) in [6.07, 6.45) is 0.851. The van der Waals surface area contributed by atoms with Crippen molar-refractivity contribution in [2.24, 2.45) is 11.7 Å². The fraction of sp³-hybridized carbons (Fsp3) is 0.500. The lowest BCUT2D eigenvalue weighted by atomic mass is 9.80. The summed E-state index contributed by atoms with van der Waals surface area (Å²) < 4.78 is 26.3. The van der Waals surface area contributed by atoms with Gasteiger partial charge in [0.25, 0.3) is 0 Å². The van der Waals surface area contributed by atoms with Gasteiger partial charge in [-0.25, -0.2) is 8.78 Å². The van der Waals surface area contributed by atoms with E-state index in [1.165, 1.54) is 12.1 Å². The van der Waals surface area contributed by atoms with Crippen LogP contribution in [0.2, 0.25) is 0 Å². The molecule has 0 aromatic heterocycles. The van der Waals surface area contributed by atoms with Gasteiger partial charge in [-0.3, -0.25) is 0 Å². The molecule has 1 nitrogen and oxygen atoms in total. The Morgan fingerprint density at radius 1 is 1.40 bits per heavy atom. The third-order valence-corrected chi connectivity index (χ3v) is 3.15. The van der Waals surface area contributed by atoms with Crippen molar-refractivity contribution >= 4 is 0 Å². The highest BCUT2D eigenvalue weighted by Gasteiger charge is 2.30. The Bertz CT molecular complexity index is 347. The summed E-state index contributed by atoms with van der Waals surface area (Å²) in [5.74, 6) is -1.01. The van der Waals surface area contributed by atoms with Gasteiger partial charge >= 0.3 is 0 Å². The van der Waals surface area contributed by atoms with Crippen molar-refractivity contribution in [3.63, 3.8) is 0 Å². The fourth-order valence-electron chi connectivity index (χ4n) is 1.62. The molecule has 0 aliphatic heterocycles. The molecule has 2 atom stereocenters. The molecule has 0 saturated heterocycles. The third-order valence-electron chi connectivity index (χ3n) is 3.15. The minimum atomic E-state index is -0.757. The summed E-state index contributed by atoms with van der Waals surface area (Å²) in [6, 6.07) is 3.55. The van der Waals surface area contributed by atoms with Crippen molar-refractivity contribution in [3.8, 4) is 0 Å². The molecule has 2 unspecified atom stereocenters. The lowest BCUT2D eigenvalue weighted by Gasteiger charge is -2.31. The first-order valence-corrected chi connectivity index (χ1v) is 5.14. The Balaban J connectivity index is 3.15. The van der Waals surface area contributed by atoms with Crippen LogP contribution in [0.1, 0.15) is 32.8 Å². The van der Waals surface area contributed by atoms with Gasteiger partial charge in [-0.2, -0.15) is 0 Å². The van der Waals surface area contributed by atoms with Gasteiger partial charge in [0.1, 0.15) is 11.6 Å². The van der Waals surface area contributed by atoms with Gasteiger partial charge in [0, 0.05) is 17.2 Å². The molecule has 0 bridgehead atoms. The molecule has 0 fully saturated rings. The molecule has 0 aliphatic rings. The van der Waals surface area contributed by atoms with Crippen LogP contribution < -0.4 is 5.73 Å². The van der Waals surface area contributed by atoms with E-state index in [1.54, 1.807) is 6.92 Å². The summed E-state index contributed by atoms with van der Waals surface area (Å²) in [5.41, 5.74) is 5.70. The summed E-state index contributed by atoms with van der Waals surface area (Å²) >= 11 is 0. The van der Waals surface area contributed by atoms with Gasteiger partial charge in [-0.15, -0.1) is 0 Å². The van der Waals surface area contributed by atoms with Crippen LogP contribution in [-0.2, 0) is 5.54 Å². The standard InChI is InChI=1S/C12H17F2N/c1-4-8(2)12(3,15)10-6-5-9(13)7-11(10)14/h5-8H,4,15H2,1-3H3. The van der Waals surface area contributed by atoms with E-state index in [-0.39, 0.29) is 5.92 Å². The van der Waals surface area contributed by atoms with E-state index >= 15 is 0 Å². The van der Waals surface area contributed by atoms with Crippen LogP contribution in [0.4, 0.5) is 8.78 Å². The van der Waals surface area contributed by atoms with Crippen LogP contribution in [0.5, 0.6) is 0 Å². The number of hydrogen-bond donors (Lipinski definition) is 1. The molecule has 0 amide bonds. The zero-order valence-corrected chi connectivity index (χ0v) is 9.35.